The number of likely N-dealkylation sites (N-methyl/N-ethyl adjacent to an activating group) is 1. The fraction of sp³-hybridized carbons (Fsp3) is 0.429. The van der Waals surface area contributed by atoms with Crippen molar-refractivity contribution in [2.75, 3.05) is 32.7 Å². The van der Waals surface area contributed by atoms with E-state index in [1.165, 1.54) is 0 Å². The Bertz CT molecular complexity index is 680. The van der Waals surface area contributed by atoms with E-state index in [0.29, 0.717) is 16.6 Å². The Morgan fingerprint density at radius 2 is 1.95 bits per heavy atom. The molecule has 1 aromatic heterocycles. The summed E-state index contributed by atoms with van der Waals surface area (Å²) in [6.45, 7) is 6.42. The maximum atomic E-state index is 12.6. The van der Waals surface area contributed by atoms with Gasteiger partial charge in [-0.3, -0.25) is 4.79 Å². The molecular weight excluding hydrogens is 256 g/mol. The van der Waals surface area contributed by atoms with E-state index in [2.05, 4.69) is 21.8 Å². The van der Waals surface area contributed by atoms with Crippen molar-refractivity contribution in [1.29, 1.82) is 0 Å². The average molecular weight is 274 g/mol. The number of carbonyl (C=O) groups excluding carboxylic acids is 1. The predicted molar refractivity (Wildman–Crippen MR) is 76.9 cm³/mol. The van der Waals surface area contributed by atoms with Gasteiger partial charge in [0.15, 0.2) is 0 Å². The molecule has 1 saturated heterocycles. The molecule has 0 radical (unpaired) electrons. The van der Waals surface area contributed by atoms with Crippen molar-refractivity contribution >= 4 is 16.9 Å². The highest BCUT2D eigenvalue weighted by Gasteiger charge is 2.23. The number of aromatic amines is 2. The minimum Gasteiger partial charge on any atom is -0.336 e. The minimum absolute atomic E-state index is 0.0124. The summed E-state index contributed by atoms with van der Waals surface area (Å²) in [5, 5.41) is 0. The molecule has 20 heavy (non-hydrogen) atoms. The second-order valence-electron chi connectivity index (χ2n) is 5.03. The smallest absolute Gasteiger partial charge is 0.323 e. The molecule has 3 rings (SSSR count). The van der Waals surface area contributed by atoms with Gasteiger partial charge in [0.2, 0.25) is 0 Å². The first kappa shape index (κ1) is 12.9. The van der Waals surface area contributed by atoms with Crippen LogP contribution in [0.3, 0.4) is 0 Å². The fourth-order valence-electron chi connectivity index (χ4n) is 2.67. The maximum absolute atomic E-state index is 12.6. The molecule has 6 heteroatoms. The third kappa shape index (κ3) is 2.22. The van der Waals surface area contributed by atoms with Gasteiger partial charge in [0, 0.05) is 26.2 Å². The van der Waals surface area contributed by atoms with Gasteiger partial charge in [-0.2, -0.15) is 0 Å². The van der Waals surface area contributed by atoms with Gasteiger partial charge in [-0.15, -0.1) is 0 Å². The molecule has 1 amide bonds. The number of fused-ring (bicyclic) bond motifs is 1. The molecule has 6 nitrogen and oxygen atoms in total. The quantitative estimate of drug-likeness (QED) is 0.844. The van der Waals surface area contributed by atoms with Crippen molar-refractivity contribution in [1.82, 2.24) is 19.8 Å². The van der Waals surface area contributed by atoms with E-state index in [9.17, 15) is 9.59 Å². The molecule has 0 spiro atoms. The molecule has 2 N–H and O–H groups in total. The first-order valence-electron chi connectivity index (χ1n) is 6.91. The fourth-order valence-corrected chi connectivity index (χ4v) is 2.67. The highest BCUT2D eigenvalue weighted by Crippen LogP contribution is 2.16. The van der Waals surface area contributed by atoms with Gasteiger partial charge in [0.1, 0.15) is 0 Å². The molecule has 2 aromatic rings. The highest BCUT2D eigenvalue weighted by atomic mass is 16.2. The highest BCUT2D eigenvalue weighted by molar-refractivity contribution is 6.04. The molecule has 1 aromatic carbocycles. The molecular formula is C14H18N4O2. The van der Waals surface area contributed by atoms with E-state index in [0.717, 1.165) is 32.7 Å². The zero-order valence-electron chi connectivity index (χ0n) is 11.5. The standard InChI is InChI=1S/C14H18N4O2/c1-2-17-6-8-18(9-7-17)13(19)10-4-3-5-11-12(10)16-14(20)15-11/h3-5H,2,6-9H2,1H3,(H2,15,16,20). The normalized spacial score (nSPS) is 16.8. The summed E-state index contributed by atoms with van der Waals surface area (Å²) in [6.07, 6.45) is 0. The Hall–Kier alpha value is -2.08. The van der Waals surface area contributed by atoms with Crippen LogP contribution in [0.5, 0.6) is 0 Å². The van der Waals surface area contributed by atoms with E-state index < -0.39 is 0 Å². The van der Waals surface area contributed by atoms with Crippen LogP contribution < -0.4 is 5.69 Å². The number of amides is 1. The summed E-state index contributed by atoms with van der Waals surface area (Å²) in [6, 6.07) is 5.35. The van der Waals surface area contributed by atoms with Crippen LogP contribution in [0.1, 0.15) is 17.3 Å². The lowest BCUT2D eigenvalue weighted by atomic mass is 10.1. The number of H-pyrrole nitrogens is 2. The summed E-state index contributed by atoms with van der Waals surface area (Å²) < 4.78 is 0. The molecule has 2 heterocycles. The largest absolute Gasteiger partial charge is 0.336 e. The number of piperazine rings is 1. The zero-order chi connectivity index (χ0) is 14.1. The van der Waals surface area contributed by atoms with E-state index in [-0.39, 0.29) is 11.6 Å². The van der Waals surface area contributed by atoms with Crippen molar-refractivity contribution in [3.63, 3.8) is 0 Å². The van der Waals surface area contributed by atoms with Crippen LogP contribution in [0, 0.1) is 0 Å². The number of hydrogen-bond donors (Lipinski definition) is 2. The summed E-state index contributed by atoms with van der Waals surface area (Å²) in [5.74, 6) is -0.0124. The van der Waals surface area contributed by atoms with Crippen molar-refractivity contribution in [3.05, 3.63) is 34.2 Å². The van der Waals surface area contributed by atoms with Crippen LogP contribution in [0.4, 0.5) is 0 Å². The molecule has 0 atom stereocenters. The van der Waals surface area contributed by atoms with E-state index in [1.807, 2.05) is 4.90 Å². The number of imidazole rings is 1. The second-order valence-corrected chi connectivity index (χ2v) is 5.03. The Kier molecular flexibility index (Phi) is 3.31. The van der Waals surface area contributed by atoms with Gasteiger partial charge < -0.3 is 19.8 Å². The maximum Gasteiger partial charge on any atom is 0.323 e. The third-order valence-electron chi connectivity index (χ3n) is 3.89. The number of rotatable bonds is 2. The number of aromatic nitrogens is 2. The third-order valence-corrected chi connectivity index (χ3v) is 3.89. The van der Waals surface area contributed by atoms with Crippen LogP contribution in [-0.2, 0) is 0 Å². The molecule has 106 valence electrons. The predicted octanol–water partition coefficient (Wildman–Crippen LogP) is 0.634. The first-order chi connectivity index (χ1) is 9.69. The first-order valence-corrected chi connectivity index (χ1v) is 6.91. The number of hydrogen-bond acceptors (Lipinski definition) is 3. The minimum atomic E-state index is -0.281. The van der Waals surface area contributed by atoms with Crippen molar-refractivity contribution in [2.45, 2.75) is 6.92 Å². The van der Waals surface area contributed by atoms with Crippen LogP contribution in [0.25, 0.3) is 11.0 Å². The topological polar surface area (TPSA) is 72.2 Å². The van der Waals surface area contributed by atoms with E-state index in [4.69, 9.17) is 0 Å². The second kappa shape index (κ2) is 5.13. The van der Waals surface area contributed by atoms with Crippen LogP contribution in [0.15, 0.2) is 23.0 Å². The van der Waals surface area contributed by atoms with Crippen molar-refractivity contribution in [2.24, 2.45) is 0 Å². The molecule has 0 aliphatic carbocycles. The van der Waals surface area contributed by atoms with Gasteiger partial charge >= 0.3 is 5.69 Å². The number of nitrogens with zero attached hydrogens (tertiary/aromatic N) is 2. The lowest BCUT2D eigenvalue weighted by Gasteiger charge is -2.34. The van der Waals surface area contributed by atoms with Crippen molar-refractivity contribution in [3.8, 4) is 0 Å². The van der Waals surface area contributed by atoms with E-state index in [1.54, 1.807) is 18.2 Å². The SMILES string of the molecule is CCN1CCN(C(=O)c2cccc3[nH]c(=O)[nH]c23)CC1. The van der Waals surface area contributed by atoms with Gasteiger partial charge in [-0.1, -0.05) is 13.0 Å². The monoisotopic (exact) mass is 274 g/mol. The Morgan fingerprint density at radius 3 is 2.65 bits per heavy atom. The number of benzene rings is 1. The van der Waals surface area contributed by atoms with Gasteiger partial charge in [-0.25, -0.2) is 4.79 Å². The lowest BCUT2D eigenvalue weighted by molar-refractivity contribution is 0.0645. The van der Waals surface area contributed by atoms with Crippen LogP contribution in [0.2, 0.25) is 0 Å². The van der Waals surface area contributed by atoms with Crippen molar-refractivity contribution < 1.29 is 4.79 Å². The lowest BCUT2D eigenvalue weighted by Crippen LogP contribution is -2.48. The summed E-state index contributed by atoms with van der Waals surface area (Å²) in [4.78, 5) is 33.5. The summed E-state index contributed by atoms with van der Waals surface area (Å²) in [7, 11) is 0. The molecule has 1 aliphatic heterocycles. The molecule has 1 fully saturated rings. The van der Waals surface area contributed by atoms with Crippen LogP contribution in [-0.4, -0.2) is 58.4 Å². The van der Waals surface area contributed by atoms with Gasteiger partial charge in [0.25, 0.3) is 5.91 Å². The van der Waals surface area contributed by atoms with Gasteiger partial charge in [0.05, 0.1) is 16.6 Å². The molecule has 0 saturated carbocycles. The Morgan fingerprint density at radius 1 is 1.20 bits per heavy atom. The number of nitrogens with one attached hydrogen (secondary N) is 2. The molecule has 1 aliphatic rings. The number of para-hydroxylation sites is 1. The zero-order valence-corrected chi connectivity index (χ0v) is 11.5. The summed E-state index contributed by atoms with van der Waals surface area (Å²) >= 11 is 0. The Labute approximate surface area is 116 Å². The van der Waals surface area contributed by atoms with Crippen LogP contribution >= 0.6 is 0 Å². The molecule has 0 unspecified atom stereocenters. The average Bonchev–Trinajstić information content (AvgIpc) is 2.86. The number of carbonyl (C=O) groups is 1. The summed E-state index contributed by atoms with van der Waals surface area (Å²) in [5.41, 5.74) is 1.55. The molecule has 0 bridgehead atoms. The van der Waals surface area contributed by atoms with Gasteiger partial charge in [-0.05, 0) is 18.7 Å². The van der Waals surface area contributed by atoms with E-state index >= 15 is 0 Å². The Balaban J connectivity index is 1.88.